The van der Waals surface area contributed by atoms with Crippen LogP contribution in [0.1, 0.15) is 5.56 Å². The first kappa shape index (κ1) is 15.1. The number of fused-ring (bicyclic) bond motifs is 1. The van der Waals surface area contributed by atoms with E-state index in [0.29, 0.717) is 21.9 Å². The minimum atomic E-state index is -2.98. The number of nitrogens with one attached hydrogen (secondary N) is 1. The third-order valence-electron chi connectivity index (χ3n) is 3.23. The maximum absolute atomic E-state index is 12.4. The number of hydrogen-bond donors (Lipinski definition) is 1. The third-order valence-corrected chi connectivity index (χ3v) is 3.84. The zero-order valence-electron chi connectivity index (χ0n) is 11.5. The number of halogens is 4. The minimum absolute atomic E-state index is 0.0205. The highest BCUT2D eigenvalue weighted by Crippen LogP contribution is 2.37. The van der Waals surface area contributed by atoms with Gasteiger partial charge < -0.3 is 4.74 Å². The maximum atomic E-state index is 12.4. The van der Waals surface area contributed by atoms with E-state index in [1.165, 1.54) is 11.7 Å². The minimum Gasteiger partial charge on any atom is -0.416 e. The van der Waals surface area contributed by atoms with Crippen LogP contribution in [0.2, 0.25) is 10.2 Å². The molecule has 0 aliphatic rings. The number of aromatic nitrogens is 4. The van der Waals surface area contributed by atoms with Gasteiger partial charge in [-0.25, -0.2) is 4.68 Å². The van der Waals surface area contributed by atoms with Crippen LogP contribution in [0.5, 0.6) is 5.88 Å². The van der Waals surface area contributed by atoms with Gasteiger partial charge >= 0.3 is 6.61 Å². The summed E-state index contributed by atoms with van der Waals surface area (Å²) in [6.45, 7) is -1.11. The van der Waals surface area contributed by atoms with Gasteiger partial charge in [0.25, 0.3) is 0 Å². The lowest BCUT2D eigenvalue weighted by molar-refractivity contribution is -0.0552. The molecule has 2 aromatic heterocycles. The van der Waals surface area contributed by atoms with Gasteiger partial charge in [-0.1, -0.05) is 23.2 Å². The number of hydrogen-bond acceptors (Lipinski definition) is 3. The molecule has 2 heterocycles. The molecule has 0 saturated heterocycles. The van der Waals surface area contributed by atoms with Crippen molar-refractivity contribution in [2.24, 2.45) is 7.05 Å². The second-order valence-electron chi connectivity index (χ2n) is 4.70. The summed E-state index contributed by atoms with van der Waals surface area (Å²) in [6, 6.07) is 3.56. The second kappa shape index (κ2) is 5.40. The predicted octanol–water partition coefficient (Wildman–Crippen LogP) is 4.18. The Morgan fingerprint density at radius 1 is 1.32 bits per heavy atom. The van der Waals surface area contributed by atoms with Gasteiger partial charge in [-0.05, 0) is 24.6 Å². The Kier molecular flexibility index (Phi) is 3.70. The standard InChI is InChI=1S/C13H10Cl2F2N4O/c1-5-3-6(4-7-8(5)11(15)19-18-7)10-9(14)12(21(2)20-10)22-13(16)17/h3-4,13H,1-2H3,(H,18,19). The summed E-state index contributed by atoms with van der Waals surface area (Å²) < 4.78 is 30.4. The van der Waals surface area contributed by atoms with Gasteiger partial charge in [0.15, 0.2) is 5.15 Å². The fraction of sp³-hybridized carbons (Fsp3) is 0.231. The molecule has 0 aliphatic carbocycles. The van der Waals surface area contributed by atoms with Crippen molar-refractivity contribution in [3.8, 4) is 17.1 Å². The van der Waals surface area contributed by atoms with Crippen molar-refractivity contribution in [2.75, 3.05) is 0 Å². The Morgan fingerprint density at radius 2 is 2.05 bits per heavy atom. The molecule has 0 fully saturated rings. The van der Waals surface area contributed by atoms with Crippen LogP contribution in [0.4, 0.5) is 8.78 Å². The lowest BCUT2D eigenvalue weighted by atomic mass is 10.1. The highest BCUT2D eigenvalue weighted by molar-refractivity contribution is 6.35. The molecule has 116 valence electrons. The summed E-state index contributed by atoms with van der Waals surface area (Å²) in [7, 11) is 1.48. The first-order valence-electron chi connectivity index (χ1n) is 6.20. The van der Waals surface area contributed by atoms with Crippen LogP contribution in [0, 0.1) is 6.92 Å². The monoisotopic (exact) mass is 346 g/mol. The van der Waals surface area contributed by atoms with E-state index in [-0.39, 0.29) is 10.9 Å². The van der Waals surface area contributed by atoms with Crippen LogP contribution in [0.15, 0.2) is 12.1 Å². The number of rotatable bonds is 3. The predicted molar refractivity (Wildman–Crippen MR) is 79.7 cm³/mol. The van der Waals surface area contributed by atoms with Crippen molar-refractivity contribution in [1.82, 2.24) is 20.0 Å². The molecule has 0 atom stereocenters. The zero-order valence-corrected chi connectivity index (χ0v) is 13.0. The summed E-state index contributed by atoms with van der Waals surface area (Å²) >= 11 is 12.1. The highest BCUT2D eigenvalue weighted by Gasteiger charge is 2.21. The van der Waals surface area contributed by atoms with E-state index in [1.807, 2.05) is 13.0 Å². The quantitative estimate of drug-likeness (QED) is 0.773. The van der Waals surface area contributed by atoms with Gasteiger partial charge in [-0.3, -0.25) is 5.10 Å². The van der Waals surface area contributed by atoms with Crippen LogP contribution in [-0.2, 0) is 7.05 Å². The molecule has 9 heteroatoms. The number of benzene rings is 1. The number of ether oxygens (including phenoxy) is 1. The molecule has 1 N–H and O–H groups in total. The first-order chi connectivity index (χ1) is 10.4. The number of nitrogens with zero attached hydrogens (tertiary/aromatic N) is 3. The fourth-order valence-corrected chi connectivity index (χ4v) is 2.94. The molecule has 0 unspecified atom stereocenters. The van der Waals surface area contributed by atoms with Crippen LogP contribution >= 0.6 is 23.2 Å². The number of aryl methyl sites for hydroxylation is 2. The van der Waals surface area contributed by atoms with Crippen molar-refractivity contribution >= 4 is 34.1 Å². The van der Waals surface area contributed by atoms with Crippen LogP contribution in [-0.4, -0.2) is 26.6 Å². The van der Waals surface area contributed by atoms with Crippen molar-refractivity contribution in [3.63, 3.8) is 0 Å². The van der Waals surface area contributed by atoms with E-state index in [0.717, 1.165) is 10.9 Å². The van der Waals surface area contributed by atoms with E-state index in [9.17, 15) is 8.78 Å². The van der Waals surface area contributed by atoms with Crippen molar-refractivity contribution in [1.29, 1.82) is 0 Å². The van der Waals surface area contributed by atoms with E-state index in [4.69, 9.17) is 23.2 Å². The lowest BCUT2D eigenvalue weighted by Crippen LogP contribution is -2.06. The summed E-state index contributed by atoms with van der Waals surface area (Å²) in [6.07, 6.45) is 0. The lowest BCUT2D eigenvalue weighted by Gasteiger charge is -2.04. The average Bonchev–Trinajstić information content (AvgIpc) is 2.94. The summed E-state index contributed by atoms with van der Waals surface area (Å²) in [4.78, 5) is 0. The highest BCUT2D eigenvalue weighted by atomic mass is 35.5. The average molecular weight is 347 g/mol. The van der Waals surface area contributed by atoms with E-state index < -0.39 is 6.61 Å². The van der Waals surface area contributed by atoms with E-state index in [1.54, 1.807) is 6.07 Å². The molecule has 0 aliphatic heterocycles. The molecule has 0 bridgehead atoms. The van der Waals surface area contributed by atoms with Crippen LogP contribution in [0.25, 0.3) is 22.2 Å². The molecule has 0 amide bonds. The van der Waals surface area contributed by atoms with Crippen molar-refractivity contribution < 1.29 is 13.5 Å². The fourth-order valence-electron chi connectivity index (χ4n) is 2.33. The van der Waals surface area contributed by atoms with Crippen molar-refractivity contribution in [3.05, 3.63) is 27.9 Å². The Hall–Kier alpha value is -1.86. The Bertz CT molecular complexity index is 859. The van der Waals surface area contributed by atoms with Gasteiger partial charge in [0, 0.05) is 18.0 Å². The normalized spacial score (nSPS) is 11.6. The van der Waals surface area contributed by atoms with E-state index in [2.05, 4.69) is 20.0 Å². The van der Waals surface area contributed by atoms with Crippen LogP contribution in [0.3, 0.4) is 0 Å². The molecule has 0 radical (unpaired) electrons. The molecule has 1 aromatic carbocycles. The molecule has 3 aromatic rings. The van der Waals surface area contributed by atoms with Crippen LogP contribution < -0.4 is 4.74 Å². The van der Waals surface area contributed by atoms with Gasteiger partial charge in [0.2, 0.25) is 5.88 Å². The van der Waals surface area contributed by atoms with E-state index >= 15 is 0 Å². The van der Waals surface area contributed by atoms with Gasteiger partial charge in [0.05, 0.1) is 5.52 Å². The smallest absolute Gasteiger partial charge is 0.388 e. The second-order valence-corrected chi connectivity index (χ2v) is 5.44. The molecule has 0 spiro atoms. The summed E-state index contributed by atoms with van der Waals surface area (Å²) in [5, 5.41) is 12.1. The number of aromatic amines is 1. The van der Waals surface area contributed by atoms with Crippen molar-refractivity contribution in [2.45, 2.75) is 13.5 Å². The Labute approximate surface area is 133 Å². The number of alkyl halides is 2. The van der Waals surface area contributed by atoms with Gasteiger partial charge in [0.1, 0.15) is 10.7 Å². The topological polar surface area (TPSA) is 55.7 Å². The summed E-state index contributed by atoms with van der Waals surface area (Å²) in [5.41, 5.74) is 2.56. The molecule has 3 rings (SSSR count). The third kappa shape index (κ3) is 2.40. The SMILES string of the molecule is Cc1cc(-c2nn(C)c(OC(F)F)c2Cl)cc2[nH]nc(Cl)c12. The summed E-state index contributed by atoms with van der Waals surface area (Å²) in [5.74, 6) is -0.188. The maximum Gasteiger partial charge on any atom is 0.388 e. The molecule has 0 saturated carbocycles. The molecule has 5 nitrogen and oxygen atoms in total. The largest absolute Gasteiger partial charge is 0.416 e. The number of H-pyrrole nitrogens is 1. The molecule has 22 heavy (non-hydrogen) atoms. The Morgan fingerprint density at radius 3 is 2.73 bits per heavy atom. The van der Waals surface area contributed by atoms with Gasteiger partial charge in [-0.15, -0.1) is 0 Å². The first-order valence-corrected chi connectivity index (χ1v) is 6.96. The van der Waals surface area contributed by atoms with Gasteiger partial charge in [-0.2, -0.15) is 19.0 Å². The zero-order chi connectivity index (χ0) is 16.0. The Balaban J connectivity index is 2.15. The molecular formula is C13H10Cl2F2N4O. The molecular weight excluding hydrogens is 337 g/mol.